The Kier molecular flexibility index (Phi) is 13.4. The van der Waals surface area contributed by atoms with Crippen LogP contribution in [-0.4, -0.2) is 83.7 Å². The summed E-state index contributed by atoms with van der Waals surface area (Å²) in [7, 11) is 0. The lowest BCUT2D eigenvalue weighted by Crippen LogP contribution is -2.50. The lowest BCUT2D eigenvalue weighted by atomic mass is 9.92. The van der Waals surface area contributed by atoms with E-state index in [9.17, 15) is 40.7 Å². The molecule has 0 spiro atoms. The molecule has 9 nitrogen and oxygen atoms in total. The van der Waals surface area contributed by atoms with Gasteiger partial charge in [0, 0.05) is 30.8 Å². The third-order valence-corrected chi connectivity index (χ3v) is 6.45. The van der Waals surface area contributed by atoms with Crippen LogP contribution in [0.15, 0.2) is 30.4 Å². The smallest absolute Gasteiger partial charge is 0.422 e. The predicted molar refractivity (Wildman–Crippen MR) is 138 cm³/mol. The number of nitrogens with zero attached hydrogens (tertiary/aromatic N) is 1. The molecule has 1 unspecified atom stereocenters. The lowest BCUT2D eigenvalue weighted by molar-refractivity contribution is -0.154. The van der Waals surface area contributed by atoms with Gasteiger partial charge in [0.25, 0.3) is 5.91 Å². The highest BCUT2D eigenvalue weighted by atomic mass is 19.4. The molecule has 0 radical (unpaired) electrons. The molecule has 15 heteroatoms. The summed E-state index contributed by atoms with van der Waals surface area (Å²) in [5.74, 6) is -3.67. The first-order chi connectivity index (χ1) is 19.6. The van der Waals surface area contributed by atoms with Crippen molar-refractivity contribution < 1.29 is 60.4 Å². The average Bonchev–Trinajstić information content (AvgIpc) is 2.93. The summed E-state index contributed by atoms with van der Waals surface area (Å²) in [5, 5.41) is 19.0. The fourth-order valence-electron chi connectivity index (χ4n) is 4.62. The van der Waals surface area contributed by atoms with Gasteiger partial charge >= 0.3 is 24.3 Å². The molecule has 42 heavy (non-hydrogen) atoms. The molecule has 1 amide bonds. The summed E-state index contributed by atoms with van der Waals surface area (Å²) < 4.78 is 85.8. The van der Waals surface area contributed by atoms with E-state index in [1.807, 2.05) is 0 Å². The van der Waals surface area contributed by atoms with E-state index in [0.29, 0.717) is 18.7 Å². The number of carboxylic acid groups (broad SMARTS) is 2. The highest BCUT2D eigenvalue weighted by molar-refractivity contribution is 5.97. The van der Waals surface area contributed by atoms with E-state index >= 15 is 0 Å². The Labute approximate surface area is 238 Å². The number of ether oxygens (including phenoxy) is 2. The maximum Gasteiger partial charge on any atom is 0.422 e. The van der Waals surface area contributed by atoms with Crippen LogP contribution in [0.3, 0.4) is 0 Å². The van der Waals surface area contributed by atoms with Gasteiger partial charge in [-0.05, 0) is 50.4 Å². The zero-order valence-electron chi connectivity index (χ0n) is 22.7. The second kappa shape index (κ2) is 16.2. The largest absolute Gasteiger partial charge is 0.484 e. The van der Waals surface area contributed by atoms with Crippen molar-refractivity contribution in [1.29, 1.82) is 0 Å². The zero-order valence-corrected chi connectivity index (χ0v) is 22.7. The second-order valence-electron chi connectivity index (χ2n) is 9.87. The number of carboxylic acids is 2. The van der Waals surface area contributed by atoms with Crippen molar-refractivity contribution in [2.24, 2.45) is 0 Å². The van der Waals surface area contributed by atoms with Gasteiger partial charge in [0.15, 0.2) is 13.2 Å². The Morgan fingerprint density at radius 1 is 0.857 bits per heavy atom. The Hall–Kier alpha value is -3.49. The Morgan fingerprint density at radius 3 is 1.95 bits per heavy atom. The molecule has 2 fully saturated rings. The molecular weight excluding hydrogens is 578 g/mol. The van der Waals surface area contributed by atoms with Crippen molar-refractivity contribution in [2.45, 2.75) is 75.8 Å². The van der Waals surface area contributed by atoms with Crippen molar-refractivity contribution in [3.8, 4) is 11.5 Å². The van der Waals surface area contributed by atoms with Crippen LogP contribution in [0.5, 0.6) is 11.5 Å². The van der Waals surface area contributed by atoms with E-state index in [2.05, 4.69) is 5.32 Å². The molecule has 1 saturated heterocycles. The number of halogens is 6. The number of aliphatic carboxylic acids is 2. The SMILES string of the molecule is O=C(O)C=CC(=O)O.O=C(c1cc(OCC(F)(F)F)ccc1OCC(F)(F)F)N(CC1CCCCN1)C1CCCCC1. The summed E-state index contributed by atoms with van der Waals surface area (Å²) in [6, 6.07) is 3.12. The molecule has 3 rings (SSSR count). The molecule has 1 aromatic carbocycles. The third kappa shape index (κ3) is 13.4. The topological polar surface area (TPSA) is 125 Å². The molecule has 1 atom stereocenters. The van der Waals surface area contributed by atoms with Gasteiger partial charge in [0.2, 0.25) is 0 Å². The van der Waals surface area contributed by atoms with Crippen molar-refractivity contribution in [3.63, 3.8) is 0 Å². The summed E-state index contributed by atoms with van der Waals surface area (Å²) in [5.41, 5.74) is -0.231. The molecule has 3 N–H and O–H groups in total. The van der Waals surface area contributed by atoms with Crippen LogP contribution in [-0.2, 0) is 9.59 Å². The van der Waals surface area contributed by atoms with E-state index in [4.69, 9.17) is 19.7 Å². The molecule has 1 saturated carbocycles. The molecule has 1 aliphatic carbocycles. The number of nitrogens with one attached hydrogen (secondary N) is 1. The van der Waals surface area contributed by atoms with Crippen LogP contribution >= 0.6 is 0 Å². The number of rotatable bonds is 10. The van der Waals surface area contributed by atoms with Crippen molar-refractivity contribution in [2.75, 3.05) is 26.3 Å². The molecule has 236 valence electrons. The minimum atomic E-state index is -4.64. The molecule has 1 heterocycles. The van der Waals surface area contributed by atoms with Gasteiger partial charge in [-0.2, -0.15) is 26.3 Å². The van der Waals surface area contributed by atoms with E-state index in [1.165, 1.54) is 0 Å². The number of benzene rings is 1. The summed E-state index contributed by atoms with van der Waals surface area (Å²) in [4.78, 5) is 34.4. The first kappa shape index (κ1) is 34.7. The predicted octanol–water partition coefficient (Wildman–Crippen LogP) is 5.20. The van der Waals surface area contributed by atoms with Crippen LogP contribution in [0.2, 0.25) is 0 Å². The highest BCUT2D eigenvalue weighted by Gasteiger charge is 2.34. The number of hydrogen-bond acceptors (Lipinski definition) is 6. The van der Waals surface area contributed by atoms with E-state index in [-0.39, 0.29) is 29.1 Å². The standard InChI is InChI=1S/C23H30F6N2O3.C4H4O4/c24-22(25,26)14-33-18-9-10-20(34-15-23(27,28)29)19(12-18)21(32)31(17-7-2-1-3-8-17)13-16-6-4-5-11-30-16;5-3(6)1-2-4(7)8/h9-10,12,16-17,30H,1-8,11,13-15H2;1-2H,(H,5,6)(H,7,8). The number of amides is 1. The Morgan fingerprint density at radius 2 is 1.43 bits per heavy atom. The first-order valence-corrected chi connectivity index (χ1v) is 13.4. The molecular formula is C27H34F6N2O7. The van der Waals surface area contributed by atoms with Gasteiger partial charge in [-0.15, -0.1) is 0 Å². The van der Waals surface area contributed by atoms with Gasteiger partial charge in [0.1, 0.15) is 11.5 Å². The van der Waals surface area contributed by atoms with Crippen molar-refractivity contribution in [1.82, 2.24) is 10.2 Å². The second-order valence-corrected chi connectivity index (χ2v) is 9.87. The van der Waals surface area contributed by atoms with Crippen LogP contribution < -0.4 is 14.8 Å². The fraction of sp³-hybridized carbons (Fsp3) is 0.593. The molecule has 1 aromatic rings. The molecule has 2 aliphatic rings. The molecule has 0 bridgehead atoms. The maximum absolute atomic E-state index is 13.7. The van der Waals surface area contributed by atoms with Crippen LogP contribution in [0.1, 0.15) is 61.7 Å². The Bertz CT molecular complexity index is 1050. The number of piperidine rings is 1. The van der Waals surface area contributed by atoms with Crippen LogP contribution in [0, 0.1) is 0 Å². The van der Waals surface area contributed by atoms with Crippen molar-refractivity contribution in [3.05, 3.63) is 35.9 Å². The maximum atomic E-state index is 13.7. The average molecular weight is 613 g/mol. The number of alkyl halides is 6. The lowest BCUT2D eigenvalue weighted by Gasteiger charge is -2.38. The van der Waals surface area contributed by atoms with Crippen molar-refractivity contribution >= 4 is 17.8 Å². The number of carbonyl (C=O) groups is 3. The van der Waals surface area contributed by atoms with Crippen LogP contribution in [0.4, 0.5) is 26.3 Å². The number of hydrogen-bond donors (Lipinski definition) is 3. The van der Waals surface area contributed by atoms with E-state index in [1.54, 1.807) is 4.90 Å². The first-order valence-electron chi connectivity index (χ1n) is 13.4. The fourth-order valence-corrected chi connectivity index (χ4v) is 4.62. The van der Waals surface area contributed by atoms with Gasteiger partial charge in [0.05, 0.1) is 5.56 Å². The minimum Gasteiger partial charge on any atom is -0.484 e. The summed E-state index contributed by atoms with van der Waals surface area (Å²) >= 11 is 0. The molecule has 0 aromatic heterocycles. The molecule has 1 aliphatic heterocycles. The zero-order chi connectivity index (χ0) is 31.3. The minimum absolute atomic E-state index is 0.0452. The Balaban J connectivity index is 0.000000675. The van der Waals surface area contributed by atoms with E-state index < -0.39 is 43.4 Å². The van der Waals surface area contributed by atoms with Crippen LogP contribution in [0.25, 0.3) is 0 Å². The van der Waals surface area contributed by atoms with Gasteiger partial charge in [-0.25, -0.2) is 9.59 Å². The monoisotopic (exact) mass is 612 g/mol. The third-order valence-electron chi connectivity index (χ3n) is 6.45. The summed E-state index contributed by atoms with van der Waals surface area (Å²) in [6.45, 7) is -2.01. The van der Waals surface area contributed by atoms with Gasteiger partial charge in [-0.3, -0.25) is 4.79 Å². The normalized spacial score (nSPS) is 18.1. The van der Waals surface area contributed by atoms with Gasteiger partial charge < -0.3 is 29.9 Å². The highest BCUT2D eigenvalue weighted by Crippen LogP contribution is 2.32. The van der Waals surface area contributed by atoms with E-state index in [0.717, 1.165) is 76.1 Å². The van der Waals surface area contributed by atoms with Gasteiger partial charge in [-0.1, -0.05) is 25.7 Å². The summed E-state index contributed by atoms with van der Waals surface area (Å²) in [6.07, 6.45) is -0.793. The number of carbonyl (C=O) groups excluding carboxylic acids is 1. The quantitative estimate of drug-likeness (QED) is 0.243.